The molecule has 0 spiro atoms. The largest absolute Gasteiger partial charge is 0.433 e. The van der Waals surface area contributed by atoms with Gasteiger partial charge in [0.1, 0.15) is 23.9 Å². The van der Waals surface area contributed by atoms with Gasteiger partial charge in [-0.2, -0.15) is 13.2 Å². The molecule has 1 aromatic heterocycles. The van der Waals surface area contributed by atoms with Crippen molar-refractivity contribution in [2.45, 2.75) is 26.1 Å². The van der Waals surface area contributed by atoms with Crippen LogP contribution >= 0.6 is 0 Å². The fourth-order valence-corrected chi connectivity index (χ4v) is 3.33. The Hall–Kier alpha value is -3.24. The third kappa shape index (κ3) is 5.09. The number of pyridine rings is 1. The number of nitrogens with one attached hydrogen (secondary N) is 1. The second-order valence-electron chi connectivity index (χ2n) is 7.44. The minimum Gasteiger partial charge on any atom is -0.324 e. The molecule has 1 N–H and O–H groups in total. The van der Waals surface area contributed by atoms with Crippen molar-refractivity contribution < 1.29 is 31.5 Å². The van der Waals surface area contributed by atoms with Gasteiger partial charge in [0, 0.05) is 18.3 Å². The van der Waals surface area contributed by atoms with Crippen molar-refractivity contribution in [1.82, 2.24) is 9.88 Å². The van der Waals surface area contributed by atoms with Gasteiger partial charge in [-0.25, -0.2) is 18.6 Å². The van der Waals surface area contributed by atoms with Crippen LogP contribution in [0.1, 0.15) is 19.5 Å². The summed E-state index contributed by atoms with van der Waals surface area (Å²) in [6.07, 6.45) is -3.65. The molecule has 1 aliphatic heterocycles. The second-order valence-corrected chi connectivity index (χ2v) is 7.44. The van der Waals surface area contributed by atoms with Gasteiger partial charge in [0.25, 0.3) is 0 Å². The summed E-state index contributed by atoms with van der Waals surface area (Å²) in [5.41, 5.74) is -1.01. The number of aromatic nitrogens is 1. The molecule has 166 valence electrons. The fourth-order valence-electron chi connectivity index (χ4n) is 3.33. The molecule has 1 aliphatic rings. The van der Waals surface area contributed by atoms with Gasteiger partial charge < -0.3 is 10.2 Å². The highest BCUT2D eigenvalue weighted by Crippen LogP contribution is 2.31. The van der Waals surface area contributed by atoms with E-state index in [1.54, 1.807) is 0 Å². The molecular formula is C20H19F5N4O2. The quantitative estimate of drug-likeness (QED) is 0.703. The van der Waals surface area contributed by atoms with Crippen LogP contribution in [0.3, 0.4) is 0 Å². The first-order chi connectivity index (χ1) is 14.5. The number of carbonyl (C=O) groups excluding carboxylic acids is 2. The predicted octanol–water partition coefficient (Wildman–Crippen LogP) is 4.28. The number of anilines is 2. The molecule has 0 bridgehead atoms. The monoisotopic (exact) mass is 442 g/mol. The molecule has 11 heteroatoms. The smallest absolute Gasteiger partial charge is 0.324 e. The zero-order valence-corrected chi connectivity index (χ0v) is 16.6. The van der Waals surface area contributed by atoms with Gasteiger partial charge in [-0.3, -0.25) is 9.69 Å². The number of urea groups is 1. The lowest BCUT2D eigenvalue weighted by Gasteiger charge is -2.25. The van der Waals surface area contributed by atoms with E-state index in [2.05, 4.69) is 10.3 Å². The van der Waals surface area contributed by atoms with Gasteiger partial charge in [0.15, 0.2) is 0 Å². The molecule has 3 rings (SSSR count). The summed E-state index contributed by atoms with van der Waals surface area (Å²) >= 11 is 0. The molecule has 1 fully saturated rings. The summed E-state index contributed by atoms with van der Waals surface area (Å²) in [5.74, 6) is -2.48. The topological polar surface area (TPSA) is 65.5 Å². The van der Waals surface area contributed by atoms with Crippen LogP contribution in [0.25, 0.3) is 0 Å². The maximum Gasteiger partial charge on any atom is 0.433 e. The molecule has 0 aliphatic carbocycles. The Morgan fingerprint density at radius 1 is 1.19 bits per heavy atom. The lowest BCUT2D eigenvalue weighted by Crippen LogP contribution is -2.42. The van der Waals surface area contributed by atoms with Gasteiger partial charge in [-0.15, -0.1) is 0 Å². The molecule has 2 heterocycles. The maximum absolute atomic E-state index is 13.3. The van der Waals surface area contributed by atoms with Crippen molar-refractivity contribution in [2.75, 3.05) is 23.3 Å². The van der Waals surface area contributed by atoms with Gasteiger partial charge in [0.05, 0.1) is 17.9 Å². The van der Waals surface area contributed by atoms with Crippen LogP contribution in [0, 0.1) is 17.6 Å². The van der Waals surface area contributed by atoms with Crippen molar-refractivity contribution in [2.24, 2.45) is 5.92 Å². The van der Waals surface area contributed by atoms with Crippen molar-refractivity contribution in [3.05, 3.63) is 53.9 Å². The van der Waals surface area contributed by atoms with E-state index in [1.807, 2.05) is 13.8 Å². The van der Waals surface area contributed by atoms with Gasteiger partial charge in [-0.1, -0.05) is 13.8 Å². The average Bonchev–Trinajstić information content (AvgIpc) is 2.97. The van der Waals surface area contributed by atoms with E-state index in [-0.39, 0.29) is 23.8 Å². The van der Waals surface area contributed by atoms with E-state index in [0.29, 0.717) is 6.07 Å². The van der Waals surface area contributed by atoms with Crippen molar-refractivity contribution in [1.29, 1.82) is 0 Å². The van der Waals surface area contributed by atoms with Gasteiger partial charge >= 0.3 is 12.2 Å². The molecule has 6 nitrogen and oxygen atoms in total. The first kappa shape index (κ1) is 22.4. The number of rotatable bonds is 5. The first-order valence-corrected chi connectivity index (χ1v) is 9.33. The number of carbonyl (C=O) groups is 2. The van der Waals surface area contributed by atoms with E-state index in [0.717, 1.165) is 30.5 Å². The number of amides is 3. The standard InChI is InChI=1S/C20H19F5N4O2/c1-11(2)16-9-28(15-3-4-17(26-8-15)20(23,24)25)19(31)29(16)10-18(30)27-14-6-12(21)5-13(22)7-14/h3-8,11,16H,9-10H2,1-2H3,(H,27,30). The summed E-state index contributed by atoms with van der Waals surface area (Å²) in [6.45, 7) is 3.41. The second kappa shape index (κ2) is 8.48. The predicted molar refractivity (Wildman–Crippen MR) is 102 cm³/mol. The molecule has 2 aromatic rings. The molecule has 3 amide bonds. The third-order valence-corrected chi connectivity index (χ3v) is 4.83. The highest BCUT2D eigenvalue weighted by molar-refractivity contribution is 5.99. The highest BCUT2D eigenvalue weighted by Gasteiger charge is 2.41. The number of hydrogen-bond donors (Lipinski definition) is 1. The molecule has 31 heavy (non-hydrogen) atoms. The van der Waals surface area contributed by atoms with E-state index in [4.69, 9.17) is 0 Å². The van der Waals surface area contributed by atoms with Crippen molar-refractivity contribution in [3.63, 3.8) is 0 Å². The van der Waals surface area contributed by atoms with Crippen LogP contribution in [0.15, 0.2) is 36.5 Å². The van der Waals surface area contributed by atoms with E-state index < -0.39 is 48.0 Å². The summed E-state index contributed by atoms with van der Waals surface area (Å²) in [5, 5.41) is 2.34. The molecular weight excluding hydrogens is 423 g/mol. The summed E-state index contributed by atoms with van der Waals surface area (Å²) in [6, 6.07) is 3.46. The Morgan fingerprint density at radius 2 is 1.84 bits per heavy atom. The van der Waals surface area contributed by atoms with Crippen LogP contribution in [0.4, 0.5) is 38.1 Å². The Bertz CT molecular complexity index is 958. The first-order valence-electron chi connectivity index (χ1n) is 9.33. The number of hydrogen-bond acceptors (Lipinski definition) is 3. The fraction of sp³-hybridized carbons (Fsp3) is 0.350. The van der Waals surface area contributed by atoms with Crippen LogP contribution in [-0.4, -0.2) is 41.0 Å². The Morgan fingerprint density at radius 3 is 2.35 bits per heavy atom. The molecule has 1 saturated heterocycles. The lowest BCUT2D eigenvalue weighted by atomic mass is 10.0. The Labute approximate surface area is 174 Å². The average molecular weight is 442 g/mol. The number of alkyl halides is 3. The molecule has 1 aromatic carbocycles. The van der Waals surface area contributed by atoms with Crippen LogP contribution in [0.5, 0.6) is 0 Å². The Kier molecular flexibility index (Phi) is 6.14. The molecule has 0 saturated carbocycles. The summed E-state index contributed by atoms with van der Waals surface area (Å²) in [4.78, 5) is 31.2. The van der Waals surface area contributed by atoms with Gasteiger partial charge in [-0.05, 0) is 30.2 Å². The number of nitrogens with zero attached hydrogens (tertiary/aromatic N) is 3. The zero-order valence-electron chi connectivity index (χ0n) is 16.6. The lowest BCUT2D eigenvalue weighted by molar-refractivity contribution is -0.141. The highest BCUT2D eigenvalue weighted by atomic mass is 19.4. The SMILES string of the molecule is CC(C)C1CN(c2ccc(C(F)(F)F)nc2)C(=O)N1CC(=O)Nc1cc(F)cc(F)c1. The van der Waals surface area contributed by atoms with Crippen molar-refractivity contribution >= 4 is 23.3 Å². The van der Waals surface area contributed by atoms with Crippen LogP contribution < -0.4 is 10.2 Å². The van der Waals surface area contributed by atoms with E-state index >= 15 is 0 Å². The third-order valence-electron chi connectivity index (χ3n) is 4.83. The Balaban J connectivity index is 1.76. The summed E-state index contributed by atoms with van der Waals surface area (Å²) < 4.78 is 64.8. The summed E-state index contributed by atoms with van der Waals surface area (Å²) in [7, 11) is 0. The van der Waals surface area contributed by atoms with E-state index in [9.17, 15) is 31.5 Å². The maximum atomic E-state index is 13.3. The van der Waals surface area contributed by atoms with E-state index in [1.165, 1.54) is 9.80 Å². The zero-order chi connectivity index (χ0) is 22.9. The molecule has 0 radical (unpaired) electrons. The van der Waals surface area contributed by atoms with Crippen LogP contribution in [0.2, 0.25) is 0 Å². The van der Waals surface area contributed by atoms with Crippen molar-refractivity contribution in [3.8, 4) is 0 Å². The van der Waals surface area contributed by atoms with Crippen LogP contribution in [-0.2, 0) is 11.0 Å². The molecule has 1 atom stereocenters. The molecule has 1 unspecified atom stereocenters. The number of halogens is 5. The minimum atomic E-state index is -4.60. The minimum absolute atomic E-state index is 0.0734. The normalized spacial score (nSPS) is 16.9. The number of benzene rings is 1. The van der Waals surface area contributed by atoms with Gasteiger partial charge in [0.2, 0.25) is 5.91 Å².